The molecule has 1 nitrogen and oxygen atoms in total. The van der Waals surface area contributed by atoms with Gasteiger partial charge in [0.1, 0.15) is 0 Å². The van der Waals surface area contributed by atoms with Crippen LogP contribution in [0, 0.1) is 6.92 Å². The quantitative estimate of drug-likeness (QED) is 0.617. The molecule has 0 atom stereocenters. The predicted molar refractivity (Wildman–Crippen MR) is 42.3 cm³/mol. The maximum Gasteiger partial charge on any atom is 0.0616 e. The Kier molecular flexibility index (Phi) is 1.04. The molecule has 0 unspecified atom stereocenters. The zero-order valence-corrected chi connectivity index (χ0v) is 5.89. The van der Waals surface area contributed by atoms with E-state index in [1.165, 1.54) is 16.8 Å². The third-order valence-corrected chi connectivity index (χ3v) is 1.65. The van der Waals surface area contributed by atoms with E-state index in [1.54, 1.807) is 0 Å². The van der Waals surface area contributed by atoms with E-state index in [4.69, 9.17) is 0 Å². The highest BCUT2D eigenvalue weighted by atomic mass is 15.0. The monoisotopic (exact) mass is 131 g/mol. The molecule has 0 amide bonds. The summed E-state index contributed by atoms with van der Waals surface area (Å²) in [7, 11) is 0. The molecule has 2 rings (SSSR count). The highest BCUT2D eigenvalue weighted by Gasteiger charge is 2.07. The van der Waals surface area contributed by atoms with Crippen LogP contribution >= 0.6 is 0 Å². The summed E-state index contributed by atoms with van der Waals surface area (Å²) in [4.78, 5) is 0. The van der Waals surface area contributed by atoms with E-state index in [9.17, 15) is 0 Å². The van der Waals surface area contributed by atoms with Gasteiger partial charge in [-0.2, -0.15) is 0 Å². The third-order valence-electron chi connectivity index (χ3n) is 1.65. The topological polar surface area (TPSA) is 21.9 Å². The first-order valence-electron chi connectivity index (χ1n) is 3.40. The Morgan fingerprint density at radius 2 is 1.70 bits per heavy atom. The fraction of sp³-hybridized carbons (Fsp3) is 0.111. The van der Waals surface area contributed by atoms with Crippen molar-refractivity contribution >= 4 is 5.70 Å². The standard InChI is InChI=1S/C9H9N/c1-7-2-4-8(5-3-7)9-6-10-9/h2-6,10H,1H3. The third kappa shape index (κ3) is 0.903. The number of nitrogens with one attached hydrogen (secondary N) is 1. The van der Waals surface area contributed by atoms with Crippen LogP contribution in [0.2, 0.25) is 0 Å². The van der Waals surface area contributed by atoms with E-state index in [2.05, 4.69) is 36.5 Å². The van der Waals surface area contributed by atoms with E-state index in [1.807, 2.05) is 6.20 Å². The fourth-order valence-corrected chi connectivity index (χ4v) is 0.936. The van der Waals surface area contributed by atoms with Crippen LogP contribution in [0.4, 0.5) is 0 Å². The van der Waals surface area contributed by atoms with Gasteiger partial charge in [0.25, 0.3) is 0 Å². The van der Waals surface area contributed by atoms with Crippen molar-refractivity contribution in [2.75, 3.05) is 0 Å². The minimum atomic E-state index is 1.25. The van der Waals surface area contributed by atoms with Crippen molar-refractivity contribution in [3.05, 3.63) is 41.6 Å². The van der Waals surface area contributed by atoms with Gasteiger partial charge in [0.15, 0.2) is 0 Å². The van der Waals surface area contributed by atoms with Crippen LogP contribution in [0.15, 0.2) is 30.5 Å². The average Bonchev–Trinajstić information content (AvgIpc) is 2.71. The lowest BCUT2D eigenvalue weighted by Gasteiger charge is -1.93. The molecule has 1 aromatic rings. The number of hydrogen-bond donors (Lipinski definition) is 1. The summed E-state index contributed by atoms with van der Waals surface area (Å²) < 4.78 is 0. The summed E-state index contributed by atoms with van der Waals surface area (Å²) in [6, 6.07) is 8.49. The van der Waals surface area contributed by atoms with Crippen LogP contribution in [0.3, 0.4) is 0 Å². The predicted octanol–water partition coefficient (Wildman–Crippen LogP) is 1.90. The van der Waals surface area contributed by atoms with Gasteiger partial charge in [-0.3, -0.25) is 0 Å². The van der Waals surface area contributed by atoms with E-state index >= 15 is 0 Å². The summed E-state index contributed by atoms with van der Waals surface area (Å²) in [5.74, 6) is 0. The van der Waals surface area contributed by atoms with Crippen molar-refractivity contribution in [3.63, 3.8) is 0 Å². The summed E-state index contributed by atoms with van der Waals surface area (Å²) >= 11 is 0. The lowest BCUT2D eigenvalue weighted by atomic mass is 10.1. The van der Waals surface area contributed by atoms with Crippen LogP contribution in [0.1, 0.15) is 11.1 Å². The lowest BCUT2D eigenvalue weighted by Crippen LogP contribution is -1.80. The zero-order valence-electron chi connectivity index (χ0n) is 5.89. The molecule has 0 aromatic heterocycles. The molecule has 0 aliphatic carbocycles. The molecule has 1 N–H and O–H groups in total. The van der Waals surface area contributed by atoms with Gasteiger partial charge in [-0.05, 0) is 12.5 Å². The molecular formula is C9H9N. The molecule has 1 aliphatic heterocycles. The minimum absolute atomic E-state index is 1.25. The van der Waals surface area contributed by atoms with Crippen LogP contribution in [-0.2, 0) is 0 Å². The molecule has 0 saturated carbocycles. The molecule has 50 valence electrons. The van der Waals surface area contributed by atoms with Crippen molar-refractivity contribution in [2.24, 2.45) is 0 Å². The molecule has 0 bridgehead atoms. The van der Waals surface area contributed by atoms with Gasteiger partial charge >= 0.3 is 0 Å². The van der Waals surface area contributed by atoms with Gasteiger partial charge in [-0.15, -0.1) is 0 Å². The van der Waals surface area contributed by atoms with Gasteiger partial charge in [-0.25, -0.2) is 0 Å². The Hall–Kier alpha value is -1.24. The van der Waals surface area contributed by atoms with Crippen LogP contribution in [0.25, 0.3) is 5.70 Å². The first-order valence-corrected chi connectivity index (χ1v) is 3.40. The first kappa shape index (κ1) is 5.54. The molecular weight excluding hydrogens is 122 g/mol. The van der Waals surface area contributed by atoms with Gasteiger partial charge in [0, 0.05) is 6.20 Å². The normalized spacial score (nSPS) is 13.9. The Balaban J connectivity index is 2.37. The van der Waals surface area contributed by atoms with E-state index in [-0.39, 0.29) is 0 Å². The Labute approximate surface area is 60.4 Å². The summed E-state index contributed by atoms with van der Waals surface area (Å²) in [5, 5.41) is 3.06. The Morgan fingerprint density at radius 1 is 1.10 bits per heavy atom. The maximum atomic E-state index is 3.06. The van der Waals surface area contributed by atoms with E-state index in [0.717, 1.165) is 0 Å². The highest BCUT2D eigenvalue weighted by molar-refractivity contribution is 5.74. The van der Waals surface area contributed by atoms with Gasteiger partial charge < -0.3 is 5.32 Å². The molecule has 0 radical (unpaired) electrons. The zero-order chi connectivity index (χ0) is 6.97. The van der Waals surface area contributed by atoms with Gasteiger partial charge in [0.05, 0.1) is 5.70 Å². The second-order valence-electron chi connectivity index (χ2n) is 2.57. The van der Waals surface area contributed by atoms with E-state index in [0.29, 0.717) is 0 Å². The molecule has 0 saturated heterocycles. The van der Waals surface area contributed by atoms with Crippen molar-refractivity contribution < 1.29 is 0 Å². The average molecular weight is 131 g/mol. The lowest BCUT2D eigenvalue weighted by molar-refractivity contribution is 1.41. The van der Waals surface area contributed by atoms with Gasteiger partial charge in [0.2, 0.25) is 0 Å². The van der Waals surface area contributed by atoms with Crippen LogP contribution < -0.4 is 5.32 Å². The number of hydrogen-bond acceptors (Lipinski definition) is 1. The van der Waals surface area contributed by atoms with Crippen molar-refractivity contribution in [2.45, 2.75) is 6.92 Å². The summed E-state index contributed by atoms with van der Waals surface area (Å²) in [6.07, 6.45) is 2.00. The van der Waals surface area contributed by atoms with Crippen molar-refractivity contribution in [1.82, 2.24) is 5.32 Å². The Bertz CT molecular complexity index is 269. The van der Waals surface area contributed by atoms with Gasteiger partial charge in [-0.1, -0.05) is 29.8 Å². The minimum Gasteiger partial charge on any atom is -0.358 e. The summed E-state index contributed by atoms with van der Waals surface area (Å²) in [6.45, 7) is 2.10. The maximum absolute atomic E-state index is 3.06. The largest absolute Gasteiger partial charge is 0.358 e. The molecule has 10 heavy (non-hydrogen) atoms. The highest BCUT2D eigenvalue weighted by Crippen LogP contribution is 2.18. The molecule has 1 aliphatic rings. The first-order chi connectivity index (χ1) is 4.86. The van der Waals surface area contributed by atoms with Crippen molar-refractivity contribution in [3.8, 4) is 0 Å². The molecule has 1 aromatic carbocycles. The smallest absolute Gasteiger partial charge is 0.0616 e. The molecule has 1 heteroatoms. The van der Waals surface area contributed by atoms with Crippen LogP contribution in [-0.4, -0.2) is 0 Å². The molecule has 0 fully saturated rings. The number of rotatable bonds is 1. The second kappa shape index (κ2) is 1.87. The molecule has 1 heterocycles. The van der Waals surface area contributed by atoms with Crippen molar-refractivity contribution in [1.29, 1.82) is 0 Å². The summed E-state index contributed by atoms with van der Waals surface area (Å²) in [5.41, 5.74) is 3.84. The fourth-order valence-electron chi connectivity index (χ4n) is 0.936. The number of aryl methyl sites for hydroxylation is 1. The molecule has 0 spiro atoms. The Morgan fingerprint density at radius 3 is 2.20 bits per heavy atom. The SMILES string of the molecule is Cc1ccc(C2=CN2)cc1. The van der Waals surface area contributed by atoms with Crippen LogP contribution in [0.5, 0.6) is 0 Å². The van der Waals surface area contributed by atoms with E-state index < -0.39 is 0 Å². The number of benzene rings is 1. The second-order valence-corrected chi connectivity index (χ2v) is 2.57.